The van der Waals surface area contributed by atoms with Crippen molar-refractivity contribution in [3.05, 3.63) is 12.4 Å². The van der Waals surface area contributed by atoms with Gasteiger partial charge in [-0.15, -0.1) is 0 Å². The molecule has 1 saturated carbocycles. The molecule has 0 aliphatic heterocycles. The fourth-order valence-electron chi connectivity index (χ4n) is 1.41. The molecule has 1 nitrogen and oxygen atoms in total. The Morgan fingerprint density at radius 1 is 1.40 bits per heavy atom. The first-order valence-corrected chi connectivity index (χ1v) is 3.60. The highest BCUT2D eigenvalue weighted by Crippen LogP contribution is 2.27. The zero-order valence-electron chi connectivity index (χ0n) is 5.90. The van der Waals surface area contributed by atoms with Crippen LogP contribution in [-0.4, -0.2) is 5.78 Å². The quantitative estimate of drug-likeness (QED) is 0.540. The van der Waals surface area contributed by atoms with Gasteiger partial charge in [0.05, 0.1) is 0 Å². The SMILES string of the molecule is C=C(F)C(=O)C1CCCC1. The van der Waals surface area contributed by atoms with Crippen molar-refractivity contribution in [3.63, 3.8) is 0 Å². The zero-order chi connectivity index (χ0) is 7.56. The van der Waals surface area contributed by atoms with E-state index >= 15 is 0 Å². The molecular formula is C8H11FO. The summed E-state index contributed by atoms with van der Waals surface area (Å²) in [6.45, 7) is 2.98. The van der Waals surface area contributed by atoms with E-state index in [1.54, 1.807) is 0 Å². The fraction of sp³-hybridized carbons (Fsp3) is 0.625. The maximum Gasteiger partial charge on any atom is 0.193 e. The number of allylic oxidation sites excluding steroid dienone is 1. The number of ketones is 1. The molecule has 0 heterocycles. The molecule has 1 aliphatic rings. The van der Waals surface area contributed by atoms with Crippen LogP contribution in [0.25, 0.3) is 0 Å². The predicted octanol–water partition coefficient (Wildman–Crippen LogP) is 2.23. The molecule has 0 atom stereocenters. The molecule has 0 bridgehead atoms. The second kappa shape index (κ2) is 2.95. The minimum absolute atomic E-state index is 0.0579. The van der Waals surface area contributed by atoms with Crippen molar-refractivity contribution in [2.24, 2.45) is 5.92 Å². The predicted molar refractivity (Wildman–Crippen MR) is 37.2 cm³/mol. The summed E-state index contributed by atoms with van der Waals surface area (Å²) in [4.78, 5) is 10.9. The van der Waals surface area contributed by atoms with Crippen LogP contribution in [0, 0.1) is 5.92 Å². The van der Waals surface area contributed by atoms with Crippen LogP contribution in [0.5, 0.6) is 0 Å². The maximum absolute atomic E-state index is 12.2. The maximum atomic E-state index is 12.2. The van der Waals surface area contributed by atoms with Gasteiger partial charge < -0.3 is 0 Å². The third-order valence-electron chi connectivity index (χ3n) is 1.99. The van der Waals surface area contributed by atoms with Crippen LogP contribution >= 0.6 is 0 Å². The lowest BCUT2D eigenvalue weighted by Crippen LogP contribution is -2.09. The van der Waals surface area contributed by atoms with Gasteiger partial charge in [-0.25, -0.2) is 4.39 Å². The summed E-state index contributed by atoms with van der Waals surface area (Å²) in [6.07, 6.45) is 3.82. The Bertz CT molecular complexity index is 157. The van der Waals surface area contributed by atoms with Gasteiger partial charge in [-0.3, -0.25) is 4.79 Å². The molecule has 0 amide bonds. The fourth-order valence-corrected chi connectivity index (χ4v) is 1.41. The van der Waals surface area contributed by atoms with Gasteiger partial charge >= 0.3 is 0 Å². The van der Waals surface area contributed by atoms with E-state index in [0.29, 0.717) is 0 Å². The molecule has 1 rings (SSSR count). The molecule has 1 fully saturated rings. The number of carbonyl (C=O) groups is 1. The van der Waals surface area contributed by atoms with E-state index in [0.717, 1.165) is 25.7 Å². The van der Waals surface area contributed by atoms with E-state index in [-0.39, 0.29) is 11.7 Å². The Balaban J connectivity index is 2.48. The monoisotopic (exact) mass is 142 g/mol. The summed E-state index contributed by atoms with van der Waals surface area (Å²) in [5, 5.41) is 0. The van der Waals surface area contributed by atoms with Gasteiger partial charge in [0.25, 0.3) is 0 Å². The molecule has 0 radical (unpaired) electrons. The molecule has 0 unspecified atom stereocenters. The number of halogens is 1. The molecule has 56 valence electrons. The lowest BCUT2D eigenvalue weighted by molar-refractivity contribution is -0.120. The smallest absolute Gasteiger partial charge is 0.193 e. The Labute approximate surface area is 59.9 Å². The number of Topliss-reactive ketones (excluding diaryl/α,β-unsaturated/α-hetero) is 1. The van der Waals surface area contributed by atoms with Crippen LogP contribution in [0.3, 0.4) is 0 Å². The van der Waals surface area contributed by atoms with Crippen molar-refractivity contribution in [1.29, 1.82) is 0 Å². The Morgan fingerprint density at radius 3 is 2.30 bits per heavy atom. The van der Waals surface area contributed by atoms with Crippen LogP contribution in [0.2, 0.25) is 0 Å². The van der Waals surface area contributed by atoms with E-state index in [4.69, 9.17) is 0 Å². The first-order valence-electron chi connectivity index (χ1n) is 3.60. The average Bonchev–Trinajstić information content (AvgIpc) is 2.36. The number of rotatable bonds is 2. The number of carbonyl (C=O) groups excluding carboxylic acids is 1. The second-order valence-electron chi connectivity index (χ2n) is 2.75. The third kappa shape index (κ3) is 1.43. The van der Waals surface area contributed by atoms with Crippen molar-refractivity contribution in [3.8, 4) is 0 Å². The van der Waals surface area contributed by atoms with Gasteiger partial charge in [0.1, 0.15) is 0 Å². The molecule has 0 aromatic heterocycles. The summed E-state index contributed by atoms with van der Waals surface area (Å²) < 4.78 is 12.2. The minimum atomic E-state index is -0.771. The highest BCUT2D eigenvalue weighted by Gasteiger charge is 2.24. The summed E-state index contributed by atoms with van der Waals surface area (Å²) >= 11 is 0. The van der Waals surface area contributed by atoms with Crippen LogP contribution in [0.1, 0.15) is 25.7 Å². The van der Waals surface area contributed by atoms with E-state index in [2.05, 4.69) is 6.58 Å². The van der Waals surface area contributed by atoms with Gasteiger partial charge in [0, 0.05) is 5.92 Å². The van der Waals surface area contributed by atoms with Crippen LogP contribution in [0.15, 0.2) is 12.4 Å². The largest absolute Gasteiger partial charge is 0.291 e. The van der Waals surface area contributed by atoms with Crippen molar-refractivity contribution in [2.75, 3.05) is 0 Å². The van der Waals surface area contributed by atoms with Gasteiger partial charge in [0.2, 0.25) is 0 Å². The normalized spacial score (nSPS) is 19.3. The molecule has 10 heavy (non-hydrogen) atoms. The Hall–Kier alpha value is -0.660. The molecule has 0 spiro atoms. The third-order valence-corrected chi connectivity index (χ3v) is 1.99. The molecule has 0 N–H and O–H groups in total. The highest BCUT2D eigenvalue weighted by molar-refractivity contribution is 5.94. The van der Waals surface area contributed by atoms with Crippen molar-refractivity contribution < 1.29 is 9.18 Å². The topological polar surface area (TPSA) is 17.1 Å². The van der Waals surface area contributed by atoms with Crippen LogP contribution in [-0.2, 0) is 4.79 Å². The summed E-state index contributed by atoms with van der Waals surface area (Å²) in [6, 6.07) is 0. The average molecular weight is 142 g/mol. The summed E-state index contributed by atoms with van der Waals surface area (Å²) in [5.74, 6) is -1.21. The van der Waals surface area contributed by atoms with Crippen molar-refractivity contribution in [1.82, 2.24) is 0 Å². The Morgan fingerprint density at radius 2 is 1.90 bits per heavy atom. The molecular weight excluding hydrogens is 131 g/mol. The molecule has 0 saturated heterocycles. The van der Waals surface area contributed by atoms with Gasteiger partial charge in [0.15, 0.2) is 11.6 Å². The molecule has 2 heteroatoms. The van der Waals surface area contributed by atoms with Crippen LogP contribution < -0.4 is 0 Å². The van der Waals surface area contributed by atoms with E-state index < -0.39 is 5.83 Å². The van der Waals surface area contributed by atoms with E-state index in [9.17, 15) is 9.18 Å². The van der Waals surface area contributed by atoms with Crippen molar-refractivity contribution >= 4 is 5.78 Å². The standard InChI is InChI=1S/C8H11FO/c1-6(9)8(10)7-4-2-3-5-7/h7H,1-5H2. The lowest BCUT2D eigenvalue weighted by atomic mass is 10.0. The molecule has 1 aliphatic carbocycles. The van der Waals surface area contributed by atoms with E-state index in [1.807, 2.05) is 0 Å². The number of hydrogen-bond acceptors (Lipinski definition) is 1. The summed E-state index contributed by atoms with van der Waals surface area (Å²) in [7, 11) is 0. The minimum Gasteiger partial charge on any atom is -0.291 e. The second-order valence-corrected chi connectivity index (χ2v) is 2.75. The molecule has 0 aromatic rings. The summed E-state index contributed by atoms with van der Waals surface area (Å²) in [5.41, 5.74) is 0. The number of hydrogen-bond donors (Lipinski definition) is 0. The zero-order valence-corrected chi connectivity index (χ0v) is 5.90. The lowest BCUT2D eigenvalue weighted by Gasteiger charge is -2.02. The molecule has 0 aromatic carbocycles. The van der Waals surface area contributed by atoms with Crippen molar-refractivity contribution in [2.45, 2.75) is 25.7 Å². The first kappa shape index (κ1) is 7.45. The highest BCUT2D eigenvalue weighted by atomic mass is 19.1. The van der Waals surface area contributed by atoms with Gasteiger partial charge in [-0.05, 0) is 12.8 Å². The van der Waals surface area contributed by atoms with E-state index in [1.165, 1.54) is 0 Å². The van der Waals surface area contributed by atoms with Gasteiger partial charge in [-0.2, -0.15) is 0 Å². The Kier molecular flexibility index (Phi) is 2.20. The first-order chi connectivity index (χ1) is 4.72. The van der Waals surface area contributed by atoms with Crippen LogP contribution in [0.4, 0.5) is 4.39 Å². The van der Waals surface area contributed by atoms with Gasteiger partial charge in [-0.1, -0.05) is 19.4 Å².